The van der Waals surface area contributed by atoms with Gasteiger partial charge in [-0.05, 0) is 72.9 Å². The van der Waals surface area contributed by atoms with Crippen molar-refractivity contribution in [3.05, 3.63) is 103 Å². The number of benzene rings is 4. The van der Waals surface area contributed by atoms with Crippen molar-refractivity contribution >= 4 is 69.6 Å². The standard InChI is InChI=1S/C32H27N5O4S2/c1-41-23-17-15-21(16-18-23)33-19-24-30(39)35(22-9-3-2-4-10-22)32(42)37(31(24)40)34-20-29(38)36-25-11-5-7-13-27(25)43-28-14-8-6-12-26(28)36/h2-18,24,33-34H,19-20H2,1H3. The third-order valence-electron chi connectivity index (χ3n) is 7.10. The van der Waals surface area contributed by atoms with E-state index in [0.29, 0.717) is 11.4 Å². The molecule has 6 rings (SSSR count). The van der Waals surface area contributed by atoms with Crippen LogP contribution in [-0.4, -0.2) is 48.0 Å². The van der Waals surface area contributed by atoms with Crippen LogP contribution in [0.5, 0.6) is 5.75 Å². The number of rotatable bonds is 8. The molecule has 2 aliphatic rings. The van der Waals surface area contributed by atoms with Gasteiger partial charge in [0.2, 0.25) is 16.9 Å². The number of ether oxygens (including phenoxy) is 1. The van der Waals surface area contributed by atoms with Crippen molar-refractivity contribution in [1.82, 2.24) is 10.4 Å². The van der Waals surface area contributed by atoms with Gasteiger partial charge in [-0.3, -0.25) is 24.2 Å². The number of carbonyl (C=O) groups excluding carboxylic acids is 3. The van der Waals surface area contributed by atoms with Crippen LogP contribution in [0.1, 0.15) is 0 Å². The van der Waals surface area contributed by atoms with Gasteiger partial charge in [0.25, 0.3) is 5.91 Å². The van der Waals surface area contributed by atoms with Crippen molar-refractivity contribution < 1.29 is 19.1 Å². The highest BCUT2D eigenvalue weighted by Gasteiger charge is 2.45. The highest BCUT2D eigenvalue weighted by molar-refractivity contribution is 7.99. The quantitative estimate of drug-likeness (QED) is 0.208. The maximum atomic E-state index is 13.8. The molecule has 1 atom stereocenters. The van der Waals surface area contributed by atoms with E-state index in [9.17, 15) is 14.4 Å². The average molecular weight is 610 g/mol. The van der Waals surface area contributed by atoms with E-state index in [1.807, 2.05) is 54.6 Å². The molecule has 0 aromatic heterocycles. The summed E-state index contributed by atoms with van der Waals surface area (Å²) in [6.45, 7) is -0.221. The number of fused-ring (bicyclic) bond motifs is 2. The maximum absolute atomic E-state index is 13.8. The molecule has 0 saturated carbocycles. The fourth-order valence-electron chi connectivity index (χ4n) is 4.97. The van der Waals surface area contributed by atoms with Gasteiger partial charge in [0.15, 0.2) is 0 Å². The molecule has 1 unspecified atom stereocenters. The number of hydrazine groups is 1. The Morgan fingerprint density at radius 1 is 0.837 bits per heavy atom. The summed E-state index contributed by atoms with van der Waals surface area (Å²) in [4.78, 5) is 46.2. The average Bonchev–Trinajstić information content (AvgIpc) is 3.04. The van der Waals surface area contributed by atoms with Crippen LogP contribution in [0.15, 0.2) is 113 Å². The molecule has 0 spiro atoms. The topological polar surface area (TPSA) is 94.2 Å². The first-order valence-electron chi connectivity index (χ1n) is 13.5. The number of carbonyl (C=O) groups is 3. The molecule has 0 bridgehead atoms. The first kappa shape index (κ1) is 28.4. The fraction of sp³-hybridized carbons (Fsp3) is 0.125. The lowest BCUT2D eigenvalue weighted by Crippen LogP contribution is -2.65. The van der Waals surface area contributed by atoms with Gasteiger partial charge in [0.1, 0.15) is 11.7 Å². The summed E-state index contributed by atoms with van der Waals surface area (Å²) in [7, 11) is 1.58. The molecule has 2 heterocycles. The Balaban J connectivity index is 1.26. The van der Waals surface area contributed by atoms with Crippen LogP contribution < -0.4 is 25.3 Å². The van der Waals surface area contributed by atoms with Gasteiger partial charge in [-0.1, -0.05) is 54.2 Å². The maximum Gasteiger partial charge on any atom is 0.257 e. The van der Waals surface area contributed by atoms with E-state index in [-0.39, 0.29) is 24.1 Å². The zero-order valence-electron chi connectivity index (χ0n) is 23.1. The van der Waals surface area contributed by atoms with Crippen molar-refractivity contribution in [2.75, 3.05) is 35.3 Å². The van der Waals surface area contributed by atoms with Gasteiger partial charge < -0.3 is 10.1 Å². The lowest BCUT2D eigenvalue weighted by molar-refractivity contribution is -0.141. The first-order valence-corrected chi connectivity index (χ1v) is 14.8. The summed E-state index contributed by atoms with van der Waals surface area (Å²) in [5.41, 5.74) is 5.71. The van der Waals surface area contributed by atoms with Crippen molar-refractivity contribution in [3.8, 4) is 5.75 Å². The van der Waals surface area contributed by atoms with Crippen molar-refractivity contribution in [2.24, 2.45) is 5.92 Å². The van der Waals surface area contributed by atoms with E-state index in [0.717, 1.165) is 31.9 Å². The largest absolute Gasteiger partial charge is 0.497 e. The van der Waals surface area contributed by atoms with Gasteiger partial charge >= 0.3 is 0 Å². The summed E-state index contributed by atoms with van der Waals surface area (Å²) < 4.78 is 5.21. The van der Waals surface area contributed by atoms with Crippen LogP contribution in [0.3, 0.4) is 0 Å². The normalized spacial score (nSPS) is 16.1. The number of hydrogen-bond donors (Lipinski definition) is 2. The lowest BCUT2D eigenvalue weighted by Gasteiger charge is -2.39. The number of nitrogens with zero attached hydrogens (tertiary/aromatic N) is 3. The molecule has 216 valence electrons. The minimum Gasteiger partial charge on any atom is -0.497 e. The van der Waals surface area contributed by atoms with Crippen LogP contribution in [0.4, 0.5) is 22.7 Å². The Hall–Kier alpha value is -4.71. The SMILES string of the molecule is COc1ccc(NCC2C(=O)N(NCC(=O)N3c4ccccc4Sc4ccccc43)C(=S)N(c3ccccc3)C2=O)cc1. The molecule has 2 N–H and O–H groups in total. The Kier molecular flexibility index (Phi) is 8.10. The second-order valence-electron chi connectivity index (χ2n) is 9.73. The van der Waals surface area contributed by atoms with Crippen LogP contribution in [-0.2, 0) is 14.4 Å². The molecule has 4 aromatic rings. The van der Waals surface area contributed by atoms with Gasteiger partial charge in [-0.15, -0.1) is 0 Å². The van der Waals surface area contributed by atoms with E-state index in [1.54, 1.807) is 72.3 Å². The summed E-state index contributed by atoms with van der Waals surface area (Å²) in [6.07, 6.45) is 0. The van der Waals surface area contributed by atoms with E-state index in [1.165, 1.54) is 4.90 Å². The third-order valence-corrected chi connectivity index (χ3v) is 8.60. The number of nitrogens with one attached hydrogen (secondary N) is 2. The number of hydrogen-bond acceptors (Lipinski definition) is 8. The minimum atomic E-state index is -1.11. The molecule has 1 fully saturated rings. The van der Waals surface area contributed by atoms with Gasteiger partial charge in [-0.2, -0.15) is 0 Å². The highest BCUT2D eigenvalue weighted by Crippen LogP contribution is 2.47. The molecular formula is C32H27N5O4S2. The Labute approximate surface area is 258 Å². The number of methoxy groups -OCH3 is 1. The summed E-state index contributed by atoms with van der Waals surface area (Å²) in [5.74, 6) is -1.71. The number of para-hydroxylation sites is 3. The van der Waals surface area contributed by atoms with E-state index >= 15 is 0 Å². The Morgan fingerprint density at radius 3 is 2.07 bits per heavy atom. The van der Waals surface area contributed by atoms with Gasteiger partial charge in [0.05, 0.1) is 30.7 Å². The molecule has 11 heteroatoms. The van der Waals surface area contributed by atoms with E-state index < -0.39 is 17.7 Å². The van der Waals surface area contributed by atoms with Crippen molar-refractivity contribution in [3.63, 3.8) is 0 Å². The first-order chi connectivity index (χ1) is 21.0. The Bertz CT molecular complexity index is 1650. The summed E-state index contributed by atoms with van der Waals surface area (Å²) in [5, 5.41) is 4.26. The van der Waals surface area contributed by atoms with Crippen LogP contribution >= 0.6 is 24.0 Å². The lowest BCUT2D eigenvalue weighted by atomic mass is 10.0. The van der Waals surface area contributed by atoms with Crippen molar-refractivity contribution in [1.29, 1.82) is 0 Å². The highest BCUT2D eigenvalue weighted by atomic mass is 32.2. The summed E-state index contributed by atoms with van der Waals surface area (Å²) >= 11 is 7.26. The third kappa shape index (κ3) is 5.57. The molecule has 43 heavy (non-hydrogen) atoms. The molecule has 0 radical (unpaired) electrons. The van der Waals surface area contributed by atoms with Crippen molar-refractivity contribution in [2.45, 2.75) is 9.79 Å². The van der Waals surface area contributed by atoms with E-state index in [2.05, 4.69) is 10.7 Å². The Morgan fingerprint density at radius 2 is 1.44 bits per heavy atom. The fourth-order valence-corrected chi connectivity index (χ4v) is 6.38. The van der Waals surface area contributed by atoms with Crippen LogP contribution in [0, 0.1) is 5.92 Å². The van der Waals surface area contributed by atoms with E-state index in [4.69, 9.17) is 17.0 Å². The molecule has 1 saturated heterocycles. The molecule has 4 aromatic carbocycles. The number of thiocarbonyl (C=S) groups is 1. The molecular weight excluding hydrogens is 583 g/mol. The molecule has 9 nitrogen and oxygen atoms in total. The monoisotopic (exact) mass is 609 g/mol. The predicted molar refractivity (Wildman–Crippen MR) is 171 cm³/mol. The zero-order chi connectivity index (χ0) is 29.9. The van der Waals surface area contributed by atoms with Crippen LogP contribution in [0.2, 0.25) is 0 Å². The van der Waals surface area contributed by atoms with Gasteiger partial charge in [0, 0.05) is 22.0 Å². The second-order valence-corrected chi connectivity index (χ2v) is 11.2. The number of amides is 3. The molecule has 2 aliphatic heterocycles. The predicted octanol–water partition coefficient (Wildman–Crippen LogP) is 5.22. The smallest absolute Gasteiger partial charge is 0.257 e. The molecule has 3 amide bonds. The number of anilines is 4. The second kappa shape index (κ2) is 12.3. The zero-order valence-corrected chi connectivity index (χ0v) is 24.7. The summed E-state index contributed by atoms with van der Waals surface area (Å²) in [6, 6.07) is 31.4. The molecule has 0 aliphatic carbocycles. The van der Waals surface area contributed by atoms with Crippen LogP contribution in [0.25, 0.3) is 0 Å². The van der Waals surface area contributed by atoms with Gasteiger partial charge in [-0.25, -0.2) is 10.4 Å². The minimum absolute atomic E-state index is 0.0200.